The lowest BCUT2D eigenvalue weighted by atomic mass is 10.2. The minimum Gasteiger partial charge on any atom is -0.345 e. The van der Waals surface area contributed by atoms with E-state index < -0.39 is 0 Å². The molecule has 1 aliphatic heterocycles. The summed E-state index contributed by atoms with van der Waals surface area (Å²) in [6.45, 7) is 2.86. The van der Waals surface area contributed by atoms with Crippen LogP contribution in [0.25, 0.3) is 10.2 Å². The van der Waals surface area contributed by atoms with Gasteiger partial charge in [-0.05, 0) is 42.7 Å². The number of hydrogen-bond acceptors (Lipinski definition) is 5. The average molecular weight is 483 g/mol. The van der Waals surface area contributed by atoms with Gasteiger partial charge >= 0.3 is 0 Å². The molecule has 0 radical (unpaired) electrons. The Kier molecular flexibility index (Phi) is 5.64. The maximum atomic E-state index is 12.8. The monoisotopic (exact) mass is 481 g/mol. The van der Waals surface area contributed by atoms with Crippen LogP contribution in [0.5, 0.6) is 0 Å². The van der Waals surface area contributed by atoms with Crippen LogP contribution >= 0.6 is 50.6 Å². The first kappa shape index (κ1) is 19.1. The second-order valence-corrected chi connectivity index (χ2v) is 9.45. The third-order valence-electron chi connectivity index (χ3n) is 4.58. The van der Waals surface area contributed by atoms with Crippen LogP contribution < -0.4 is 4.90 Å². The molecule has 0 atom stereocenters. The zero-order chi connectivity index (χ0) is 19.0. The molecule has 140 valence electrons. The van der Waals surface area contributed by atoms with Crippen LogP contribution in [-0.4, -0.2) is 48.2 Å². The van der Waals surface area contributed by atoms with E-state index in [2.05, 4.69) is 45.3 Å². The Hall–Kier alpha value is -1.28. The highest BCUT2D eigenvalue weighted by atomic mass is 79.9. The molecule has 27 heavy (non-hydrogen) atoms. The van der Waals surface area contributed by atoms with Crippen molar-refractivity contribution in [3.8, 4) is 0 Å². The number of halogens is 2. The van der Waals surface area contributed by atoms with Crippen LogP contribution in [0.2, 0.25) is 5.02 Å². The molecule has 1 aliphatic rings. The van der Waals surface area contributed by atoms with Crippen molar-refractivity contribution in [2.24, 2.45) is 0 Å². The SMILES string of the molecule is CSc1ccc2nc(N3CCN(C(=O)c4cc(Br)ccc4Cl)CC3)sc2c1. The number of carbonyl (C=O) groups is 1. The number of thiazole rings is 1. The largest absolute Gasteiger partial charge is 0.345 e. The second kappa shape index (κ2) is 7.99. The Balaban J connectivity index is 1.47. The van der Waals surface area contributed by atoms with Crippen LogP contribution in [0.1, 0.15) is 10.4 Å². The molecule has 2 aromatic carbocycles. The molecule has 0 aliphatic carbocycles. The molecule has 3 aromatic rings. The summed E-state index contributed by atoms with van der Waals surface area (Å²) in [7, 11) is 0. The highest BCUT2D eigenvalue weighted by molar-refractivity contribution is 9.10. The minimum atomic E-state index is -0.0186. The van der Waals surface area contributed by atoms with Gasteiger partial charge in [0.2, 0.25) is 0 Å². The van der Waals surface area contributed by atoms with Crippen molar-refractivity contribution >= 4 is 71.9 Å². The van der Waals surface area contributed by atoms with Gasteiger partial charge in [-0.3, -0.25) is 4.79 Å². The fourth-order valence-electron chi connectivity index (χ4n) is 3.09. The van der Waals surface area contributed by atoms with Crippen molar-refractivity contribution in [1.82, 2.24) is 9.88 Å². The topological polar surface area (TPSA) is 36.4 Å². The summed E-state index contributed by atoms with van der Waals surface area (Å²) in [5, 5.41) is 1.51. The van der Waals surface area contributed by atoms with E-state index in [-0.39, 0.29) is 5.91 Å². The van der Waals surface area contributed by atoms with Crippen LogP contribution in [0, 0.1) is 0 Å². The molecular weight excluding hydrogens is 466 g/mol. The van der Waals surface area contributed by atoms with Gasteiger partial charge in [-0.1, -0.05) is 38.9 Å². The lowest BCUT2D eigenvalue weighted by Gasteiger charge is -2.34. The van der Waals surface area contributed by atoms with Crippen molar-refractivity contribution in [1.29, 1.82) is 0 Å². The predicted molar refractivity (Wildman–Crippen MR) is 119 cm³/mol. The number of aromatic nitrogens is 1. The Labute approximate surface area is 179 Å². The van der Waals surface area contributed by atoms with Crippen molar-refractivity contribution in [3.63, 3.8) is 0 Å². The van der Waals surface area contributed by atoms with Crippen molar-refractivity contribution < 1.29 is 4.79 Å². The predicted octanol–water partition coefficient (Wildman–Crippen LogP) is 5.40. The van der Waals surface area contributed by atoms with Gasteiger partial charge in [0.15, 0.2) is 5.13 Å². The molecule has 0 unspecified atom stereocenters. The summed E-state index contributed by atoms with van der Waals surface area (Å²) in [6.07, 6.45) is 2.08. The van der Waals surface area contributed by atoms with Gasteiger partial charge in [0, 0.05) is 35.5 Å². The van der Waals surface area contributed by atoms with Gasteiger partial charge in [0.05, 0.1) is 20.8 Å². The Morgan fingerprint density at radius 2 is 1.96 bits per heavy atom. The molecule has 1 saturated heterocycles. The molecule has 1 fully saturated rings. The molecule has 4 rings (SSSR count). The first-order valence-electron chi connectivity index (χ1n) is 8.49. The molecule has 1 aromatic heterocycles. The quantitative estimate of drug-likeness (QED) is 0.469. The molecule has 8 heteroatoms. The second-order valence-electron chi connectivity index (χ2n) is 6.23. The van der Waals surface area contributed by atoms with E-state index in [0.717, 1.165) is 28.2 Å². The zero-order valence-electron chi connectivity index (χ0n) is 14.6. The Morgan fingerprint density at radius 1 is 1.19 bits per heavy atom. The zero-order valence-corrected chi connectivity index (χ0v) is 18.6. The van der Waals surface area contributed by atoms with Gasteiger partial charge in [-0.2, -0.15) is 0 Å². The molecule has 1 amide bonds. The number of piperazine rings is 1. The Bertz CT molecular complexity index is 1000. The van der Waals surface area contributed by atoms with Gasteiger partial charge in [-0.25, -0.2) is 4.98 Å². The fraction of sp³-hybridized carbons (Fsp3) is 0.263. The van der Waals surface area contributed by atoms with Gasteiger partial charge < -0.3 is 9.80 Å². The van der Waals surface area contributed by atoms with E-state index in [1.54, 1.807) is 35.2 Å². The summed E-state index contributed by atoms with van der Waals surface area (Å²) >= 11 is 13.1. The number of amides is 1. The van der Waals surface area contributed by atoms with E-state index in [1.165, 1.54) is 9.60 Å². The van der Waals surface area contributed by atoms with Crippen molar-refractivity contribution in [2.75, 3.05) is 37.3 Å². The number of carbonyl (C=O) groups excluding carboxylic acids is 1. The number of benzene rings is 2. The van der Waals surface area contributed by atoms with E-state index in [0.29, 0.717) is 23.7 Å². The fourth-order valence-corrected chi connectivity index (χ4v) is 5.22. The van der Waals surface area contributed by atoms with Crippen molar-refractivity contribution in [2.45, 2.75) is 4.90 Å². The van der Waals surface area contributed by atoms with E-state index in [1.807, 2.05) is 11.0 Å². The summed E-state index contributed by atoms with van der Waals surface area (Å²) < 4.78 is 2.06. The van der Waals surface area contributed by atoms with E-state index >= 15 is 0 Å². The van der Waals surface area contributed by atoms with Crippen LogP contribution in [0.4, 0.5) is 5.13 Å². The molecule has 4 nitrogen and oxygen atoms in total. The molecule has 0 saturated carbocycles. The van der Waals surface area contributed by atoms with Crippen molar-refractivity contribution in [3.05, 3.63) is 51.5 Å². The highest BCUT2D eigenvalue weighted by Gasteiger charge is 2.25. The molecular formula is C19H17BrClN3OS2. The highest BCUT2D eigenvalue weighted by Crippen LogP contribution is 2.32. The smallest absolute Gasteiger partial charge is 0.255 e. The summed E-state index contributed by atoms with van der Waals surface area (Å²) in [5.41, 5.74) is 1.58. The third kappa shape index (κ3) is 3.97. The normalized spacial score (nSPS) is 14.8. The number of hydrogen-bond donors (Lipinski definition) is 0. The van der Waals surface area contributed by atoms with Crippen LogP contribution in [0.15, 0.2) is 45.8 Å². The number of anilines is 1. The molecule has 0 bridgehead atoms. The minimum absolute atomic E-state index is 0.0186. The van der Waals surface area contributed by atoms with E-state index in [9.17, 15) is 4.79 Å². The summed E-state index contributed by atoms with van der Waals surface area (Å²) in [5.74, 6) is -0.0186. The number of nitrogens with zero attached hydrogens (tertiary/aromatic N) is 3. The lowest BCUT2D eigenvalue weighted by molar-refractivity contribution is 0.0747. The first-order valence-corrected chi connectivity index (χ1v) is 11.7. The standard InChI is InChI=1S/C19H17BrClN3OS2/c1-26-13-3-5-16-17(11-13)27-19(22-16)24-8-6-23(7-9-24)18(25)14-10-12(20)2-4-15(14)21/h2-5,10-11H,6-9H2,1H3. The lowest BCUT2D eigenvalue weighted by Crippen LogP contribution is -2.48. The third-order valence-corrected chi connectivity index (χ3v) is 7.21. The average Bonchev–Trinajstić information content (AvgIpc) is 3.12. The molecule has 0 N–H and O–H groups in total. The number of thioether (sulfide) groups is 1. The van der Waals surface area contributed by atoms with Crippen LogP contribution in [-0.2, 0) is 0 Å². The maximum absolute atomic E-state index is 12.8. The maximum Gasteiger partial charge on any atom is 0.255 e. The molecule has 0 spiro atoms. The first-order chi connectivity index (χ1) is 13.0. The summed E-state index contributed by atoms with van der Waals surface area (Å²) in [4.78, 5) is 23.0. The van der Waals surface area contributed by atoms with Gasteiger partial charge in [0.1, 0.15) is 0 Å². The van der Waals surface area contributed by atoms with Gasteiger partial charge in [0.25, 0.3) is 5.91 Å². The molecule has 2 heterocycles. The number of rotatable bonds is 3. The summed E-state index contributed by atoms with van der Waals surface area (Å²) in [6, 6.07) is 11.8. The van der Waals surface area contributed by atoms with E-state index in [4.69, 9.17) is 16.6 Å². The van der Waals surface area contributed by atoms with Crippen LogP contribution in [0.3, 0.4) is 0 Å². The Morgan fingerprint density at radius 3 is 2.70 bits per heavy atom. The van der Waals surface area contributed by atoms with Gasteiger partial charge in [-0.15, -0.1) is 11.8 Å². The number of fused-ring (bicyclic) bond motifs is 1.